The molecule has 0 aromatic carbocycles. The molecule has 1 atom stereocenters. The highest BCUT2D eigenvalue weighted by Crippen LogP contribution is 2.17. The van der Waals surface area contributed by atoms with Crippen molar-refractivity contribution in [2.45, 2.75) is 297 Å². The molecule has 0 rings (SSSR count). The molecule has 0 radical (unpaired) electrons. The van der Waals surface area contributed by atoms with Gasteiger partial charge in [0, 0.05) is 19.3 Å². The fourth-order valence-electron chi connectivity index (χ4n) is 8.24. The lowest BCUT2D eigenvalue weighted by Gasteiger charge is -2.18. The second-order valence-electron chi connectivity index (χ2n) is 19.2. The maximum atomic E-state index is 12.8. The molecule has 0 spiro atoms. The van der Waals surface area contributed by atoms with E-state index < -0.39 is 6.10 Å². The first-order valence-electron chi connectivity index (χ1n) is 28.8. The first-order chi connectivity index (χ1) is 33.0. The Morgan fingerprint density at radius 1 is 0.313 bits per heavy atom. The van der Waals surface area contributed by atoms with Crippen LogP contribution in [-0.4, -0.2) is 37.2 Å². The predicted molar refractivity (Wildman–Crippen MR) is 288 cm³/mol. The van der Waals surface area contributed by atoms with Gasteiger partial charge in [-0.2, -0.15) is 0 Å². The molecule has 0 aliphatic carbocycles. The molecule has 0 amide bonds. The lowest BCUT2D eigenvalue weighted by atomic mass is 10.0. The molecule has 0 N–H and O–H groups in total. The molecule has 0 saturated heterocycles. The molecule has 388 valence electrons. The van der Waals surface area contributed by atoms with Crippen molar-refractivity contribution in [2.75, 3.05) is 13.2 Å². The average molecular weight is 938 g/mol. The monoisotopic (exact) mass is 937 g/mol. The second kappa shape index (κ2) is 55.7. The van der Waals surface area contributed by atoms with Crippen molar-refractivity contribution < 1.29 is 28.6 Å². The number of rotatable bonds is 52. The van der Waals surface area contributed by atoms with Gasteiger partial charge in [-0.15, -0.1) is 0 Å². The van der Waals surface area contributed by atoms with Crippen LogP contribution in [0.4, 0.5) is 0 Å². The molecule has 0 aromatic rings. The van der Waals surface area contributed by atoms with Gasteiger partial charge in [0.1, 0.15) is 13.2 Å². The predicted octanol–water partition coefficient (Wildman–Crippen LogP) is 19.2. The molecule has 0 saturated carbocycles. The summed E-state index contributed by atoms with van der Waals surface area (Å²) in [7, 11) is 0. The summed E-state index contributed by atoms with van der Waals surface area (Å²) in [6, 6.07) is 0. The molecular weight excluding hydrogens is 829 g/mol. The normalized spacial score (nSPS) is 12.5. The zero-order valence-corrected chi connectivity index (χ0v) is 44.4. The van der Waals surface area contributed by atoms with Crippen molar-refractivity contribution in [2.24, 2.45) is 0 Å². The summed E-state index contributed by atoms with van der Waals surface area (Å²) in [6.45, 7) is 6.51. The third-order valence-electron chi connectivity index (χ3n) is 12.5. The van der Waals surface area contributed by atoms with Crippen LogP contribution in [0, 0.1) is 0 Å². The van der Waals surface area contributed by atoms with Crippen LogP contribution in [0.5, 0.6) is 0 Å². The molecule has 0 unspecified atom stereocenters. The molecule has 0 fully saturated rings. The molecule has 0 heterocycles. The van der Waals surface area contributed by atoms with Crippen LogP contribution < -0.4 is 0 Å². The maximum absolute atomic E-state index is 12.8. The quantitative estimate of drug-likeness (QED) is 0.0262. The summed E-state index contributed by atoms with van der Waals surface area (Å²) >= 11 is 0. The molecular formula is C61H108O6. The third-order valence-corrected chi connectivity index (χ3v) is 12.5. The van der Waals surface area contributed by atoms with Crippen molar-refractivity contribution in [3.05, 3.63) is 60.8 Å². The Hall–Kier alpha value is -2.89. The number of carbonyl (C=O) groups is 3. The van der Waals surface area contributed by atoms with E-state index in [4.69, 9.17) is 14.2 Å². The molecule has 6 nitrogen and oxygen atoms in total. The number of carbonyl (C=O) groups excluding carboxylic acids is 3. The minimum Gasteiger partial charge on any atom is -0.462 e. The van der Waals surface area contributed by atoms with Crippen LogP contribution in [-0.2, 0) is 28.6 Å². The zero-order chi connectivity index (χ0) is 48.6. The number of allylic oxidation sites excluding steroid dienone is 10. The standard InChI is InChI=1S/C61H108O6/c1-4-7-10-13-16-19-22-25-27-29-30-32-33-36-39-42-45-48-51-54-60(63)66-57-58(56-65-59(62)53-50-47-44-41-38-35-24-21-18-15-12-9-6-3)67-61(64)55-52-49-46-43-40-37-34-31-28-26-23-20-17-14-11-8-5-2/h8,11,17,20,26,28,34,37,43,46,58H,4-7,9-10,12-16,18-19,21-25,27,29-33,35-36,38-42,44-45,47-57H2,1-3H3/b11-8-,20-17-,28-26-,37-34-,46-43-/t58-/m1/s1. The maximum Gasteiger partial charge on any atom is 0.306 e. The van der Waals surface area contributed by atoms with Crippen LogP contribution in [0.2, 0.25) is 0 Å². The SMILES string of the molecule is CC/C=C\C/C=C\C/C=C\C/C=C\C/C=C\CCCC(=O)O[C@H](COC(=O)CCCCCCCCCCCCCCC)COC(=O)CCCCCCCCCCCCCCCCCCCCC. The Balaban J connectivity index is 4.40. The van der Waals surface area contributed by atoms with Crippen molar-refractivity contribution in [1.82, 2.24) is 0 Å². The Morgan fingerprint density at radius 3 is 0.896 bits per heavy atom. The summed E-state index contributed by atoms with van der Waals surface area (Å²) in [5, 5.41) is 0. The summed E-state index contributed by atoms with van der Waals surface area (Å²) < 4.78 is 16.8. The van der Waals surface area contributed by atoms with Gasteiger partial charge in [0.2, 0.25) is 0 Å². The van der Waals surface area contributed by atoms with Gasteiger partial charge in [0.15, 0.2) is 6.10 Å². The number of esters is 3. The zero-order valence-electron chi connectivity index (χ0n) is 44.4. The largest absolute Gasteiger partial charge is 0.462 e. The van der Waals surface area contributed by atoms with E-state index in [1.807, 2.05) is 0 Å². The third kappa shape index (κ3) is 53.9. The summed E-state index contributed by atoms with van der Waals surface area (Å²) in [6.07, 6.45) is 69.3. The van der Waals surface area contributed by atoms with Gasteiger partial charge in [-0.3, -0.25) is 14.4 Å². The number of unbranched alkanes of at least 4 members (excludes halogenated alkanes) is 31. The van der Waals surface area contributed by atoms with E-state index in [-0.39, 0.29) is 37.5 Å². The topological polar surface area (TPSA) is 78.9 Å². The molecule has 0 aromatic heterocycles. The Labute approximate surface area is 415 Å². The average Bonchev–Trinajstić information content (AvgIpc) is 3.33. The summed E-state index contributed by atoms with van der Waals surface area (Å²) in [5.74, 6) is -0.938. The smallest absolute Gasteiger partial charge is 0.306 e. The number of hydrogen-bond acceptors (Lipinski definition) is 6. The van der Waals surface area contributed by atoms with E-state index in [1.165, 1.54) is 167 Å². The van der Waals surface area contributed by atoms with E-state index >= 15 is 0 Å². The first kappa shape index (κ1) is 64.1. The Morgan fingerprint density at radius 2 is 0.582 bits per heavy atom. The van der Waals surface area contributed by atoms with Gasteiger partial charge in [0.25, 0.3) is 0 Å². The molecule has 6 heteroatoms. The van der Waals surface area contributed by atoms with Crippen molar-refractivity contribution in [1.29, 1.82) is 0 Å². The highest BCUT2D eigenvalue weighted by Gasteiger charge is 2.19. The van der Waals surface area contributed by atoms with Gasteiger partial charge in [-0.05, 0) is 57.8 Å². The van der Waals surface area contributed by atoms with Crippen LogP contribution in [0.25, 0.3) is 0 Å². The van der Waals surface area contributed by atoms with Crippen molar-refractivity contribution >= 4 is 17.9 Å². The highest BCUT2D eigenvalue weighted by molar-refractivity contribution is 5.71. The Kier molecular flexibility index (Phi) is 53.3. The van der Waals surface area contributed by atoms with E-state index in [9.17, 15) is 14.4 Å². The molecule has 0 bridgehead atoms. The van der Waals surface area contributed by atoms with Gasteiger partial charge < -0.3 is 14.2 Å². The van der Waals surface area contributed by atoms with E-state index in [0.717, 1.165) is 77.0 Å². The first-order valence-corrected chi connectivity index (χ1v) is 28.8. The lowest BCUT2D eigenvalue weighted by molar-refractivity contribution is -0.167. The fraction of sp³-hybridized carbons (Fsp3) is 0.787. The fourth-order valence-corrected chi connectivity index (χ4v) is 8.24. The van der Waals surface area contributed by atoms with Gasteiger partial charge >= 0.3 is 17.9 Å². The molecule has 0 aliphatic heterocycles. The lowest BCUT2D eigenvalue weighted by Crippen LogP contribution is -2.30. The second-order valence-corrected chi connectivity index (χ2v) is 19.2. The van der Waals surface area contributed by atoms with Gasteiger partial charge in [-0.25, -0.2) is 0 Å². The van der Waals surface area contributed by atoms with Gasteiger partial charge in [-0.1, -0.05) is 274 Å². The van der Waals surface area contributed by atoms with Gasteiger partial charge in [0.05, 0.1) is 0 Å². The highest BCUT2D eigenvalue weighted by atomic mass is 16.6. The summed E-state index contributed by atoms with van der Waals surface area (Å²) in [4.78, 5) is 38.1. The van der Waals surface area contributed by atoms with E-state index in [0.29, 0.717) is 19.3 Å². The minimum absolute atomic E-state index is 0.0928. The van der Waals surface area contributed by atoms with E-state index in [2.05, 4.69) is 81.5 Å². The van der Waals surface area contributed by atoms with Crippen molar-refractivity contribution in [3.63, 3.8) is 0 Å². The molecule has 67 heavy (non-hydrogen) atoms. The van der Waals surface area contributed by atoms with E-state index in [1.54, 1.807) is 0 Å². The van der Waals surface area contributed by atoms with Crippen molar-refractivity contribution in [3.8, 4) is 0 Å². The van der Waals surface area contributed by atoms with Crippen LogP contribution in [0.1, 0.15) is 290 Å². The molecule has 0 aliphatic rings. The number of ether oxygens (including phenoxy) is 3. The van der Waals surface area contributed by atoms with Crippen LogP contribution in [0.3, 0.4) is 0 Å². The van der Waals surface area contributed by atoms with Crippen LogP contribution in [0.15, 0.2) is 60.8 Å². The van der Waals surface area contributed by atoms with Crippen LogP contribution >= 0.6 is 0 Å². The number of hydrogen-bond donors (Lipinski definition) is 0. The Bertz CT molecular complexity index is 1210. The summed E-state index contributed by atoms with van der Waals surface area (Å²) in [5.41, 5.74) is 0. The minimum atomic E-state index is -0.800.